The van der Waals surface area contributed by atoms with Gasteiger partial charge < -0.3 is 4.74 Å². The van der Waals surface area contributed by atoms with E-state index in [2.05, 4.69) is 13.8 Å². The smallest absolute Gasteiger partial charge is 0.0466 e. The minimum absolute atomic E-state index is 0. The largest absolute Gasteiger partial charge is 0.381 e. The summed E-state index contributed by atoms with van der Waals surface area (Å²) >= 11 is 0. The predicted octanol–water partition coefficient (Wildman–Crippen LogP) is 12.8. The summed E-state index contributed by atoms with van der Waals surface area (Å²) in [5.74, 6) is 0. The van der Waals surface area contributed by atoms with Gasteiger partial charge in [-0.25, -0.2) is 0 Å². The molecule has 0 saturated heterocycles. The van der Waals surface area contributed by atoms with Crippen LogP contribution in [0.2, 0.25) is 0 Å². The van der Waals surface area contributed by atoms with E-state index >= 15 is 0 Å². The predicted molar refractivity (Wildman–Crippen MR) is 181 cm³/mol. The van der Waals surface area contributed by atoms with Crippen LogP contribution in [-0.4, -0.2) is 72.3 Å². The Hall–Kier alpha value is 1.96. The van der Waals surface area contributed by atoms with E-state index in [4.69, 9.17) is 4.74 Å². The number of unbranched alkanes of at least 4 members (excludes halogenated alkanes) is 30. The molecule has 0 aliphatic rings. The Bertz CT molecular complexity index is 343. The van der Waals surface area contributed by atoms with Gasteiger partial charge in [-0.15, -0.1) is 0 Å². The quantitative estimate of drug-likeness (QED) is 0.0554. The normalized spacial score (nSPS) is 10.9. The first-order chi connectivity index (χ1) is 18.4. The van der Waals surface area contributed by atoms with Crippen LogP contribution in [0.25, 0.3) is 0 Å². The molecule has 0 aromatic carbocycles. The Balaban J connectivity index is -0.00000648. The molecule has 0 bridgehead atoms. The van der Waals surface area contributed by atoms with E-state index in [-0.39, 0.29) is 59.1 Å². The Morgan fingerprint density at radius 3 is 0.564 bits per heavy atom. The van der Waals surface area contributed by atoms with Crippen molar-refractivity contribution in [2.45, 2.75) is 219 Å². The van der Waals surface area contributed by atoms with Gasteiger partial charge in [-0.3, -0.25) is 0 Å². The van der Waals surface area contributed by atoms with Crippen molar-refractivity contribution < 1.29 is 4.74 Å². The SMILES string of the molecule is CCCCCCCCCCCCCCCCCCOCCCCCCCCCCCCCCCCCC.[Na].[Na]. The molecular weight excluding hydrogens is 494 g/mol. The Labute approximate surface area is 293 Å². The minimum atomic E-state index is 0. The molecule has 0 atom stereocenters. The zero-order valence-corrected chi connectivity index (χ0v) is 32.4. The Morgan fingerprint density at radius 2 is 0.385 bits per heavy atom. The first-order valence-corrected chi connectivity index (χ1v) is 18.0. The molecule has 0 aliphatic heterocycles. The summed E-state index contributed by atoms with van der Waals surface area (Å²) in [7, 11) is 0. The number of hydrogen-bond donors (Lipinski definition) is 0. The molecule has 2 radical (unpaired) electrons. The number of hydrogen-bond acceptors (Lipinski definition) is 1. The monoisotopic (exact) mass is 569 g/mol. The van der Waals surface area contributed by atoms with Crippen LogP contribution in [0.5, 0.6) is 0 Å². The van der Waals surface area contributed by atoms with Crippen molar-refractivity contribution in [3.05, 3.63) is 0 Å². The second-order valence-electron chi connectivity index (χ2n) is 12.2. The molecule has 0 fully saturated rings. The van der Waals surface area contributed by atoms with Crippen LogP contribution in [0.3, 0.4) is 0 Å². The van der Waals surface area contributed by atoms with Gasteiger partial charge in [0.25, 0.3) is 0 Å². The number of ether oxygens (including phenoxy) is 1. The van der Waals surface area contributed by atoms with Crippen LogP contribution in [0.4, 0.5) is 0 Å². The first-order valence-electron chi connectivity index (χ1n) is 18.0. The maximum Gasteiger partial charge on any atom is 0.0466 e. The molecule has 226 valence electrons. The third kappa shape index (κ3) is 44.5. The fourth-order valence-electron chi connectivity index (χ4n) is 5.61. The summed E-state index contributed by atoms with van der Waals surface area (Å²) in [6.07, 6.45) is 46.0. The van der Waals surface area contributed by atoms with Crippen molar-refractivity contribution >= 4 is 59.1 Å². The van der Waals surface area contributed by atoms with Crippen LogP contribution < -0.4 is 0 Å². The van der Waals surface area contributed by atoms with Gasteiger partial charge >= 0.3 is 0 Å². The summed E-state index contributed by atoms with van der Waals surface area (Å²) in [5, 5.41) is 0. The maximum absolute atomic E-state index is 5.87. The van der Waals surface area contributed by atoms with Crippen molar-refractivity contribution in [3.8, 4) is 0 Å². The zero-order chi connectivity index (χ0) is 26.7. The van der Waals surface area contributed by atoms with E-state index in [9.17, 15) is 0 Å². The van der Waals surface area contributed by atoms with Crippen molar-refractivity contribution in [1.29, 1.82) is 0 Å². The van der Waals surface area contributed by atoms with Crippen LogP contribution in [0.15, 0.2) is 0 Å². The van der Waals surface area contributed by atoms with Crippen LogP contribution in [0, 0.1) is 0 Å². The van der Waals surface area contributed by atoms with E-state index in [1.165, 1.54) is 205 Å². The molecule has 0 N–H and O–H groups in total. The molecule has 0 heterocycles. The van der Waals surface area contributed by atoms with Crippen molar-refractivity contribution in [3.63, 3.8) is 0 Å². The molecule has 0 amide bonds. The van der Waals surface area contributed by atoms with E-state index in [0.717, 1.165) is 13.2 Å². The fraction of sp³-hybridized carbons (Fsp3) is 1.00. The zero-order valence-electron chi connectivity index (χ0n) is 28.4. The molecule has 0 aromatic heterocycles. The third-order valence-electron chi connectivity index (χ3n) is 8.28. The third-order valence-corrected chi connectivity index (χ3v) is 8.28. The molecule has 0 saturated carbocycles. The summed E-state index contributed by atoms with van der Waals surface area (Å²) in [6.45, 7) is 6.60. The average molecular weight is 569 g/mol. The molecule has 0 rings (SSSR count). The van der Waals surface area contributed by atoms with Gasteiger partial charge in [0, 0.05) is 72.3 Å². The van der Waals surface area contributed by atoms with Crippen molar-refractivity contribution in [1.82, 2.24) is 0 Å². The molecule has 1 nitrogen and oxygen atoms in total. The molecule has 0 aliphatic carbocycles. The van der Waals surface area contributed by atoms with E-state index < -0.39 is 0 Å². The van der Waals surface area contributed by atoms with Crippen molar-refractivity contribution in [2.75, 3.05) is 13.2 Å². The van der Waals surface area contributed by atoms with Crippen molar-refractivity contribution in [2.24, 2.45) is 0 Å². The molecule has 0 aromatic rings. The molecule has 39 heavy (non-hydrogen) atoms. The fourth-order valence-corrected chi connectivity index (χ4v) is 5.61. The van der Waals surface area contributed by atoms with Crippen LogP contribution in [0.1, 0.15) is 219 Å². The van der Waals surface area contributed by atoms with Gasteiger partial charge in [-0.1, -0.05) is 206 Å². The Kier molecular flexibility index (Phi) is 51.7. The van der Waals surface area contributed by atoms with Crippen LogP contribution >= 0.6 is 0 Å². The first kappa shape index (κ1) is 45.4. The molecule has 3 heteroatoms. The number of rotatable bonds is 34. The average Bonchev–Trinajstić information content (AvgIpc) is 2.91. The van der Waals surface area contributed by atoms with E-state index in [1.807, 2.05) is 0 Å². The molecule has 0 spiro atoms. The van der Waals surface area contributed by atoms with Gasteiger partial charge in [0.15, 0.2) is 0 Å². The molecular formula is C36H74Na2O. The van der Waals surface area contributed by atoms with Gasteiger partial charge in [0.1, 0.15) is 0 Å². The standard InChI is InChI=1S/C36H74O.2Na/c1-3-5-7-9-11-13-15-17-19-21-23-25-27-29-31-33-35-37-36-34-32-30-28-26-24-22-20-18-16-14-12-10-8-6-4-2;;/h3-36H2,1-2H3;;. The topological polar surface area (TPSA) is 9.23 Å². The van der Waals surface area contributed by atoms with Gasteiger partial charge in [0.2, 0.25) is 0 Å². The summed E-state index contributed by atoms with van der Waals surface area (Å²) in [6, 6.07) is 0. The van der Waals surface area contributed by atoms with Gasteiger partial charge in [0.05, 0.1) is 0 Å². The molecule has 0 unspecified atom stereocenters. The van der Waals surface area contributed by atoms with E-state index in [0.29, 0.717) is 0 Å². The van der Waals surface area contributed by atoms with Crippen LogP contribution in [-0.2, 0) is 4.74 Å². The van der Waals surface area contributed by atoms with E-state index in [1.54, 1.807) is 0 Å². The second-order valence-corrected chi connectivity index (χ2v) is 12.2. The Morgan fingerprint density at radius 1 is 0.231 bits per heavy atom. The maximum atomic E-state index is 5.87. The van der Waals surface area contributed by atoms with Gasteiger partial charge in [-0.05, 0) is 12.8 Å². The van der Waals surface area contributed by atoms with Gasteiger partial charge in [-0.2, -0.15) is 0 Å². The minimum Gasteiger partial charge on any atom is -0.381 e. The summed E-state index contributed by atoms with van der Waals surface area (Å²) in [4.78, 5) is 0. The summed E-state index contributed by atoms with van der Waals surface area (Å²) in [5.41, 5.74) is 0. The summed E-state index contributed by atoms with van der Waals surface area (Å²) < 4.78 is 5.87. The second kappa shape index (κ2) is 44.4.